The van der Waals surface area contributed by atoms with E-state index in [-0.39, 0.29) is 37.2 Å². The lowest BCUT2D eigenvalue weighted by molar-refractivity contribution is -0.141. The molecule has 1 N–H and O–H groups in total. The predicted octanol–water partition coefficient (Wildman–Crippen LogP) is 2.65. The topological polar surface area (TPSA) is 75.7 Å². The number of rotatable bonds is 6. The van der Waals surface area contributed by atoms with Gasteiger partial charge in [0, 0.05) is 12.8 Å². The summed E-state index contributed by atoms with van der Waals surface area (Å²) in [6.07, 6.45) is -1.37. The number of hydrogen-bond donors (Lipinski definition) is 1. The summed E-state index contributed by atoms with van der Waals surface area (Å²) in [5.74, 6) is -0.716. The van der Waals surface area contributed by atoms with Crippen LogP contribution in [0.15, 0.2) is 30.3 Å². The van der Waals surface area contributed by atoms with Crippen molar-refractivity contribution in [3.05, 3.63) is 35.9 Å². The number of imide groups is 1. The fraction of sp³-hybridized carbons (Fsp3) is 0.471. The van der Waals surface area contributed by atoms with Gasteiger partial charge in [-0.3, -0.25) is 19.8 Å². The molecule has 7 heteroatoms. The van der Waals surface area contributed by atoms with Crippen LogP contribution < -0.4 is 5.32 Å². The molecule has 0 saturated carbocycles. The number of nitrogens with one attached hydrogen (secondary N) is 1. The van der Waals surface area contributed by atoms with Crippen molar-refractivity contribution < 1.29 is 19.1 Å². The summed E-state index contributed by atoms with van der Waals surface area (Å²) < 4.78 is 5.16. The van der Waals surface area contributed by atoms with Crippen molar-refractivity contribution in [1.29, 1.82) is 0 Å². The zero-order valence-electron chi connectivity index (χ0n) is 13.7. The fourth-order valence-electron chi connectivity index (χ4n) is 2.44. The molecule has 0 aliphatic carbocycles. The third-order valence-corrected chi connectivity index (χ3v) is 4.53. The lowest BCUT2D eigenvalue weighted by Crippen LogP contribution is -2.56. The predicted molar refractivity (Wildman–Crippen MR) is 89.1 cm³/mol. The molecule has 1 fully saturated rings. The normalized spacial score (nSPS) is 17.1. The van der Waals surface area contributed by atoms with Crippen LogP contribution in [0.4, 0.5) is 4.79 Å². The van der Waals surface area contributed by atoms with Crippen molar-refractivity contribution in [3.8, 4) is 0 Å². The van der Waals surface area contributed by atoms with Crippen molar-refractivity contribution in [2.75, 3.05) is 0 Å². The van der Waals surface area contributed by atoms with Crippen molar-refractivity contribution in [2.24, 2.45) is 5.92 Å². The summed E-state index contributed by atoms with van der Waals surface area (Å²) in [5, 5.41) is 1.95. The molecule has 1 aromatic rings. The number of ether oxygens (including phenoxy) is 1. The van der Waals surface area contributed by atoms with Gasteiger partial charge in [-0.2, -0.15) is 0 Å². The Hall–Kier alpha value is -2.08. The van der Waals surface area contributed by atoms with E-state index in [1.165, 1.54) is 0 Å². The molecule has 0 unspecified atom stereocenters. The fourth-order valence-corrected chi connectivity index (χ4v) is 2.62. The highest BCUT2D eigenvalue weighted by Gasteiger charge is 2.40. The van der Waals surface area contributed by atoms with Crippen LogP contribution in [0.2, 0.25) is 0 Å². The van der Waals surface area contributed by atoms with Crippen LogP contribution in [0.1, 0.15) is 32.3 Å². The second kappa shape index (κ2) is 8.15. The molecule has 2 atom stereocenters. The molecule has 1 aliphatic heterocycles. The molecule has 1 heterocycles. The van der Waals surface area contributed by atoms with Crippen LogP contribution in [-0.4, -0.2) is 34.4 Å². The first kappa shape index (κ1) is 18.3. The molecule has 3 amide bonds. The minimum absolute atomic E-state index is 0.0488. The second-order valence-electron chi connectivity index (χ2n) is 6.00. The van der Waals surface area contributed by atoms with Gasteiger partial charge < -0.3 is 4.74 Å². The first-order chi connectivity index (χ1) is 11.4. The molecule has 0 bridgehead atoms. The van der Waals surface area contributed by atoms with Gasteiger partial charge in [-0.15, -0.1) is 11.6 Å². The van der Waals surface area contributed by atoms with Gasteiger partial charge in [0.1, 0.15) is 12.8 Å². The first-order valence-corrected chi connectivity index (χ1v) is 8.30. The molecule has 130 valence electrons. The molecular formula is C17H21ClN2O4. The molecular weight excluding hydrogens is 332 g/mol. The zero-order chi connectivity index (χ0) is 17.7. The van der Waals surface area contributed by atoms with Gasteiger partial charge >= 0.3 is 6.09 Å². The van der Waals surface area contributed by atoms with Crippen LogP contribution in [0, 0.1) is 5.92 Å². The van der Waals surface area contributed by atoms with Crippen LogP contribution >= 0.6 is 11.6 Å². The lowest BCUT2D eigenvalue weighted by atomic mass is 10.1. The molecule has 24 heavy (non-hydrogen) atoms. The summed E-state index contributed by atoms with van der Waals surface area (Å²) in [7, 11) is 0. The average Bonchev–Trinajstić information content (AvgIpc) is 2.90. The van der Waals surface area contributed by atoms with Crippen LogP contribution in [0.25, 0.3) is 0 Å². The second-order valence-corrected chi connectivity index (χ2v) is 6.50. The summed E-state index contributed by atoms with van der Waals surface area (Å²) in [6.45, 7) is 3.80. The van der Waals surface area contributed by atoms with Gasteiger partial charge in [-0.05, 0) is 11.5 Å². The number of alkyl carbamates (subject to hydrolysis) is 1. The highest BCUT2D eigenvalue weighted by Crippen LogP contribution is 2.23. The molecule has 6 nitrogen and oxygen atoms in total. The quantitative estimate of drug-likeness (QED) is 0.630. The summed E-state index contributed by atoms with van der Waals surface area (Å²) >= 11 is 6.34. The number of carbonyl (C=O) groups is 3. The van der Waals surface area contributed by atoms with Gasteiger partial charge in [0.25, 0.3) is 0 Å². The van der Waals surface area contributed by atoms with Crippen LogP contribution in [-0.2, 0) is 20.9 Å². The monoisotopic (exact) mass is 352 g/mol. The maximum absolute atomic E-state index is 12.1. The standard InChI is InChI=1S/C17H21ClN2O4/c1-11(2)15(18)16(20-13(21)8-9-14(20)22)19-17(23)24-10-12-6-4-3-5-7-12/h3-7,11,15-16H,8-10H2,1-2H3,(H,19,23)/t15-,16+/m1/s1. The first-order valence-electron chi connectivity index (χ1n) is 7.86. The van der Waals surface area contributed by atoms with Crippen molar-refractivity contribution >= 4 is 29.5 Å². The molecule has 1 saturated heterocycles. The Balaban J connectivity index is 2.03. The molecule has 0 aromatic heterocycles. The maximum atomic E-state index is 12.1. The van der Waals surface area contributed by atoms with E-state index in [1.807, 2.05) is 44.2 Å². The highest BCUT2D eigenvalue weighted by atomic mass is 35.5. The third kappa shape index (κ3) is 4.47. The summed E-state index contributed by atoms with van der Waals surface area (Å²) in [4.78, 5) is 37.1. The van der Waals surface area contributed by atoms with Crippen molar-refractivity contribution in [1.82, 2.24) is 10.2 Å². The maximum Gasteiger partial charge on any atom is 0.409 e. The molecule has 0 spiro atoms. The molecule has 0 radical (unpaired) electrons. The smallest absolute Gasteiger partial charge is 0.409 e. The Bertz CT molecular complexity index is 590. The van der Waals surface area contributed by atoms with Gasteiger partial charge in [0.05, 0.1) is 5.38 Å². The minimum atomic E-state index is -0.919. The Labute approximate surface area is 146 Å². The largest absolute Gasteiger partial charge is 0.445 e. The van der Waals surface area contributed by atoms with E-state index in [0.717, 1.165) is 10.5 Å². The van der Waals surface area contributed by atoms with E-state index < -0.39 is 17.6 Å². The highest BCUT2D eigenvalue weighted by molar-refractivity contribution is 6.21. The number of alkyl halides is 1. The van der Waals surface area contributed by atoms with Crippen LogP contribution in [0.5, 0.6) is 0 Å². The Kier molecular flexibility index (Phi) is 6.20. The molecule has 1 aromatic carbocycles. The van der Waals surface area contributed by atoms with Gasteiger partial charge in [-0.25, -0.2) is 4.79 Å². The number of benzene rings is 1. The minimum Gasteiger partial charge on any atom is -0.445 e. The SMILES string of the molecule is CC(C)[C@@H](Cl)[C@@H](NC(=O)OCc1ccccc1)N1C(=O)CCC1=O. The van der Waals surface area contributed by atoms with E-state index in [1.54, 1.807) is 0 Å². The van der Waals surface area contributed by atoms with E-state index in [9.17, 15) is 14.4 Å². The molecule has 2 rings (SSSR count). The van der Waals surface area contributed by atoms with E-state index in [4.69, 9.17) is 16.3 Å². The number of hydrogen-bond acceptors (Lipinski definition) is 4. The van der Waals surface area contributed by atoms with E-state index in [0.29, 0.717) is 0 Å². The average molecular weight is 353 g/mol. The summed E-state index contributed by atoms with van der Waals surface area (Å²) in [6, 6.07) is 9.21. The van der Waals surface area contributed by atoms with Gasteiger partial charge in [0.2, 0.25) is 11.8 Å². The lowest BCUT2D eigenvalue weighted by Gasteiger charge is -2.32. The number of halogens is 1. The number of amides is 3. The Morgan fingerprint density at radius 3 is 2.33 bits per heavy atom. The zero-order valence-corrected chi connectivity index (χ0v) is 14.5. The van der Waals surface area contributed by atoms with Gasteiger partial charge in [0.15, 0.2) is 0 Å². The number of carbonyl (C=O) groups excluding carboxylic acids is 3. The van der Waals surface area contributed by atoms with E-state index >= 15 is 0 Å². The van der Waals surface area contributed by atoms with Crippen molar-refractivity contribution in [2.45, 2.75) is 44.8 Å². The Morgan fingerprint density at radius 2 is 1.79 bits per heavy atom. The molecule has 1 aliphatic rings. The Morgan fingerprint density at radius 1 is 1.21 bits per heavy atom. The number of nitrogens with zero attached hydrogens (tertiary/aromatic N) is 1. The third-order valence-electron chi connectivity index (χ3n) is 3.79. The van der Waals surface area contributed by atoms with E-state index in [2.05, 4.69) is 5.32 Å². The van der Waals surface area contributed by atoms with Crippen molar-refractivity contribution in [3.63, 3.8) is 0 Å². The number of likely N-dealkylation sites (tertiary alicyclic amines) is 1. The van der Waals surface area contributed by atoms with Gasteiger partial charge in [-0.1, -0.05) is 44.2 Å². The van der Waals surface area contributed by atoms with Crippen LogP contribution in [0.3, 0.4) is 0 Å². The summed E-state index contributed by atoms with van der Waals surface area (Å²) in [5.41, 5.74) is 0.837.